The molecular weight excluding hydrogens is 382 g/mol. The third kappa shape index (κ3) is 3.78. The summed E-state index contributed by atoms with van der Waals surface area (Å²) >= 11 is 6.06. The minimum absolute atomic E-state index is 0.00443. The zero-order chi connectivity index (χ0) is 18.7. The predicted molar refractivity (Wildman–Crippen MR) is 92.2 cm³/mol. The van der Waals surface area contributed by atoms with Gasteiger partial charge in [0, 0.05) is 13.0 Å². The van der Waals surface area contributed by atoms with Crippen LogP contribution < -0.4 is 5.32 Å². The van der Waals surface area contributed by atoms with E-state index in [0.29, 0.717) is 13.2 Å². The van der Waals surface area contributed by atoms with Crippen LogP contribution in [0.2, 0.25) is 5.02 Å². The van der Waals surface area contributed by atoms with Gasteiger partial charge in [0.2, 0.25) is 0 Å². The first kappa shape index (κ1) is 18.9. The number of rotatable bonds is 5. The molecule has 0 aromatic heterocycles. The van der Waals surface area contributed by atoms with Crippen LogP contribution in [0.25, 0.3) is 0 Å². The molecule has 0 unspecified atom stereocenters. The van der Waals surface area contributed by atoms with Gasteiger partial charge in [0.25, 0.3) is 0 Å². The van der Waals surface area contributed by atoms with E-state index < -0.39 is 27.4 Å². The van der Waals surface area contributed by atoms with Crippen LogP contribution in [0.15, 0.2) is 29.2 Å². The fourth-order valence-electron chi connectivity index (χ4n) is 3.06. The third-order valence-electron chi connectivity index (χ3n) is 4.48. The molecule has 0 saturated carbocycles. The number of nitrogens with zero attached hydrogens (tertiary/aromatic N) is 2. The van der Waals surface area contributed by atoms with Gasteiger partial charge in [0.1, 0.15) is 6.54 Å². The van der Waals surface area contributed by atoms with E-state index in [-0.39, 0.29) is 35.5 Å². The average Bonchev–Trinajstić information content (AvgIpc) is 2.96. The maximum atomic E-state index is 13.0. The van der Waals surface area contributed by atoms with Crippen LogP contribution in [0.3, 0.4) is 0 Å². The van der Waals surface area contributed by atoms with E-state index in [1.54, 1.807) is 18.2 Å². The highest BCUT2D eigenvalue weighted by Gasteiger charge is 2.46. The molecule has 1 aromatic rings. The standard InChI is InChI=1S/C16H18ClN3O5S/c17-13-3-1-2-4-14(13)26(22,23)12-7-15(25-16(21)19-6-5-18)20(8-12)11-9-24-10-11/h1-4,11-12,15H,6-10H2,(H,19,21)/t12-,15+/m1/s1. The lowest BCUT2D eigenvalue weighted by atomic mass is 10.2. The number of benzene rings is 1. The van der Waals surface area contributed by atoms with Crippen molar-refractivity contribution in [1.82, 2.24) is 10.2 Å². The Labute approximate surface area is 156 Å². The maximum Gasteiger partial charge on any atom is 0.409 e. The molecule has 1 amide bonds. The Morgan fingerprint density at radius 1 is 1.42 bits per heavy atom. The van der Waals surface area contributed by atoms with Crippen molar-refractivity contribution >= 4 is 27.5 Å². The van der Waals surface area contributed by atoms with E-state index >= 15 is 0 Å². The van der Waals surface area contributed by atoms with Gasteiger partial charge in [-0.2, -0.15) is 5.26 Å². The Kier molecular flexibility index (Phi) is 5.67. The molecule has 2 heterocycles. The molecule has 26 heavy (non-hydrogen) atoms. The van der Waals surface area contributed by atoms with Crippen LogP contribution >= 0.6 is 11.6 Å². The van der Waals surface area contributed by atoms with Gasteiger partial charge in [-0.1, -0.05) is 23.7 Å². The van der Waals surface area contributed by atoms with Crippen molar-refractivity contribution in [2.75, 3.05) is 26.3 Å². The van der Waals surface area contributed by atoms with Gasteiger partial charge in [-0.05, 0) is 12.1 Å². The fraction of sp³-hybridized carbons (Fsp3) is 0.500. The summed E-state index contributed by atoms with van der Waals surface area (Å²) in [6.07, 6.45) is -1.33. The number of nitrogens with one attached hydrogen (secondary N) is 1. The minimum atomic E-state index is -3.68. The quantitative estimate of drug-likeness (QED) is 0.740. The van der Waals surface area contributed by atoms with Gasteiger partial charge < -0.3 is 14.8 Å². The average molecular weight is 400 g/mol. The number of carbonyl (C=O) groups is 1. The fourth-order valence-corrected chi connectivity index (χ4v) is 5.27. The van der Waals surface area contributed by atoms with E-state index in [1.807, 2.05) is 4.90 Å². The van der Waals surface area contributed by atoms with Gasteiger partial charge in [-0.25, -0.2) is 13.2 Å². The highest BCUT2D eigenvalue weighted by Crippen LogP contribution is 2.34. The number of sulfone groups is 1. The lowest BCUT2D eigenvalue weighted by Crippen LogP contribution is -2.52. The second-order valence-corrected chi connectivity index (χ2v) is 8.70. The van der Waals surface area contributed by atoms with E-state index in [1.165, 1.54) is 12.1 Å². The van der Waals surface area contributed by atoms with Crippen molar-refractivity contribution in [2.24, 2.45) is 0 Å². The molecule has 2 saturated heterocycles. The van der Waals surface area contributed by atoms with Gasteiger partial charge >= 0.3 is 6.09 Å². The van der Waals surface area contributed by atoms with Gasteiger partial charge in [-0.15, -0.1) is 0 Å². The second kappa shape index (κ2) is 7.80. The zero-order valence-electron chi connectivity index (χ0n) is 13.8. The zero-order valence-corrected chi connectivity index (χ0v) is 15.4. The summed E-state index contributed by atoms with van der Waals surface area (Å²) in [6, 6.07) is 8.07. The van der Waals surface area contributed by atoms with Crippen LogP contribution in [0.1, 0.15) is 6.42 Å². The molecule has 1 aromatic carbocycles. The summed E-state index contributed by atoms with van der Waals surface area (Å²) in [6.45, 7) is 0.953. The summed E-state index contributed by atoms with van der Waals surface area (Å²) in [4.78, 5) is 13.7. The molecule has 8 nitrogen and oxygen atoms in total. The lowest BCUT2D eigenvalue weighted by molar-refractivity contribution is -0.108. The van der Waals surface area contributed by atoms with Crippen molar-refractivity contribution in [3.05, 3.63) is 29.3 Å². The van der Waals surface area contributed by atoms with Crippen molar-refractivity contribution in [3.8, 4) is 6.07 Å². The van der Waals surface area contributed by atoms with E-state index in [9.17, 15) is 13.2 Å². The summed E-state index contributed by atoms with van der Waals surface area (Å²) in [5, 5.41) is 10.2. The summed E-state index contributed by atoms with van der Waals surface area (Å²) in [5.41, 5.74) is 0. The van der Waals surface area contributed by atoms with Gasteiger partial charge in [0.05, 0.1) is 40.5 Å². The van der Waals surface area contributed by atoms with Crippen LogP contribution in [0.5, 0.6) is 0 Å². The Bertz CT molecular complexity index is 821. The Morgan fingerprint density at radius 2 is 2.15 bits per heavy atom. The number of ether oxygens (including phenoxy) is 2. The first-order valence-electron chi connectivity index (χ1n) is 8.07. The first-order chi connectivity index (χ1) is 12.4. The third-order valence-corrected chi connectivity index (χ3v) is 7.11. The number of amides is 1. The molecular formula is C16H18ClN3O5S. The highest BCUT2D eigenvalue weighted by atomic mass is 35.5. The van der Waals surface area contributed by atoms with Crippen molar-refractivity contribution in [2.45, 2.75) is 28.8 Å². The number of hydrogen-bond acceptors (Lipinski definition) is 7. The Morgan fingerprint density at radius 3 is 2.77 bits per heavy atom. The number of alkyl carbamates (subject to hydrolysis) is 1. The van der Waals surface area contributed by atoms with Crippen LogP contribution in [0, 0.1) is 11.3 Å². The second-order valence-electron chi connectivity index (χ2n) is 6.09. The smallest absolute Gasteiger partial charge is 0.409 e. The van der Waals surface area contributed by atoms with Crippen molar-refractivity contribution in [3.63, 3.8) is 0 Å². The lowest BCUT2D eigenvalue weighted by Gasteiger charge is -2.37. The summed E-state index contributed by atoms with van der Waals surface area (Å²) < 4.78 is 36.5. The van der Waals surface area contributed by atoms with E-state index in [4.69, 9.17) is 26.3 Å². The van der Waals surface area contributed by atoms with E-state index in [2.05, 4.69) is 5.32 Å². The normalized spacial score (nSPS) is 23.8. The van der Waals surface area contributed by atoms with Crippen molar-refractivity contribution in [1.29, 1.82) is 5.26 Å². The molecule has 3 rings (SSSR count). The molecule has 0 spiro atoms. The highest BCUT2D eigenvalue weighted by molar-refractivity contribution is 7.92. The number of halogens is 1. The number of hydrogen-bond donors (Lipinski definition) is 1. The molecule has 2 aliphatic heterocycles. The Hall–Kier alpha value is -1.86. The molecule has 0 radical (unpaired) electrons. The summed E-state index contributed by atoms with van der Waals surface area (Å²) in [7, 11) is -3.68. The molecule has 2 atom stereocenters. The molecule has 1 N–H and O–H groups in total. The predicted octanol–water partition coefficient (Wildman–Crippen LogP) is 1.16. The van der Waals surface area contributed by atoms with Gasteiger partial charge in [-0.3, -0.25) is 4.90 Å². The molecule has 0 bridgehead atoms. The topological polar surface area (TPSA) is 109 Å². The SMILES string of the molecule is N#CCNC(=O)O[C@H]1C[C@@H](S(=O)(=O)c2ccccc2Cl)CN1C1COC1. The van der Waals surface area contributed by atoms with Crippen molar-refractivity contribution < 1.29 is 22.7 Å². The van der Waals surface area contributed by atoms with Gasteiger partial charge in [0.15, 0.2) is 16.1 Å². The maximum absolute atomic E-state index is 13.0. The van der Waals surface area contributed by atoms with Crippen LogP contribution in [-0.4, -0.2) is 63.2 Å². The van der Waals surface area contributed by atoms with Crippen LogP contribution in [-0.2, 0) is 19.3 Å². The first-order valence-corrected chi connectivity index (χ1v) is 9.99. The molecule has 0 aliphatic carbocycles. The van der Waals surface area contributed by atoms with E-state index in [0.717, 1.165) is 0 Å². The molecule has 2 aliphatic rings. The Balaban J connectivity index is 1.78. The monoisotopic (exact) mass is 399 g/mol. The summed E-state index contributed by atoms with van der Waals surface area (Å²) in [5.74, 6) is 0. The molecule has 140 valence electrons. The number of nitriles is 1. The largest absolute Gasteiger partial charge is 0.430 e. The number of likely N-dealkylation sites (tertiary alicyclic amines) is 1. The number of carbonyl (C=O) groups excluding carboxylic acids is 1. The van der Waals surface area contributed by atoms with Crippen LogP contribution in [0.4, 0.5) is 4.79 Å². The minimum Gasteiger partial charge on any atom is -0.430 e. The molecule has 2 fully saturated rings. The molecule has 10 heteroatoms.